The summed E-state index contributed by atoms with van der Waals surface area (Å²) in [6, 6.07) is 7.90. The van der Waals surface area contributed by atoms with Gasteiger partial charge in [0.2, 0.25) is 0 Å². The zero-order valence-corrected chi connectivity index (χ0v) is 11.8. The van der Waals surface area contributed by atoms with E-state index in [1.807, 2.05) is 18.2 Å². The first kappa shape index (κ1) is 16.5. The van der Waals surface area contributed by atoms with Crippen molar-refractivity contribution in [3.63, 3.8) is 0 Å². The Bertz CT molecular complexity index is 487. The number of benzene rings is 1. The number of hydrogen-bond acceptors (Lipinski definition) is 6. The van der Waals surface area contributed by atoms with E-state index in [1.54, 1.807) is 12.1 Å². The Balaban J connectivity index is 2.51. The van der Waals surface area contributed by atoms with E-state index in [-0.39, 0.29) is 13.0 Å². The van der Waals surface area contributed by atoms with Gasteiger partial charge in [-0.2, -0.15) is 0 Å². The second kappa shape index (κ2) is 8.57. The molecule has 0 aliphatic heterocycles. The summed E-state index contributed by atoms with van der Waals surface area (Å²) in [4.78, 5) is 34.3. The van der Waals surface area contributed by atoms with Gasteiger partial charge in [0.25, 0.3) is 0 Å². The molecule has 0 radical (unpaired) electrons. The highest BCUT2D eigenvalue weighted by atomic mass is 16.6. The van der Waals surface area contributed by atoms with Crippen LogP contribution in [0.4, 0.5) is 4.79 Å². The third-order valence-corrected chi connectivity index (χ3v) is 2.59. The highest BCUT2D eigenvalue weighted by molar-refractivity contribution is 5.86. The van der Waals surface area contributed by atoms with Crippen LogP contribution < -0.4 is 5.32 Å². The van der Waals surface area contributed by atoms with Crippen molar-refractivity contribution in [1.29, 1.82) is 0 Å². The van der Waals surface area contributed by atoms with Gasteiger partial charge in [-0.25, -0.2) is 9.59 Å². The molecule has 0 unspecified atom stereocenters. The minimum Gasteiger partial charge on any atom is -0.469 e. The molecule has 0 bridgehead atoms. The van der Waals surface area contributed by atoms with Crippen molar-refractivity contribution in [3.05, 3.63) is 35.9 Å². The first-order valence-electron chi connectivity index (χ1n) is 6.18. The predicted molar refractivity (Wildman–Crippen MR) is 72.2 cm³/mol. The molecule has 1 aromatic carbocycles. The molecule has 0 spiro atoms. The van der Waals surface area contributed by atoms with E-state index < -0.39 is 24.1 Å². The van der Waals surface area contributed by atoms with Gasteiger partial charge in [-0.3, -0.25) is 4.79 Å². The Kier molecular flexibility index (Phi) is 6.73. The Hall–Kier alpha value is -2.57. The highest BCUT2D eigenvalue weighted by Gasteiger charge is 2.25. The van der Waals surface area contributed by atoms with E-state index in [9.17, 15) is 14.4 Å². The van der Waals surface area contributed by atoms with Crippen LogP contribution >= 0.6 is 0 Å². The van der Waals surface area contributed by atoms with Crippen LogP contribution in [-0.2, 0) is 30.4 Å². The van der Waals surface area contributed by atoms with Crippen molar-refractivity contribution in [2.75, 3.05) is 14.2 Å². The molecule has 0 saturated heterocycles. The van der Waals surface area contributed by atoms with Crippen molar-refractivity contribution in [1.82, 2.24) is 5.32 Å². The number of esters is 2. The first-order valence-corrected chi connectivity index (χ1v) is 6.18. The summed E-state index contributed by atoms with van der Waals surface area (Å²) >= 11 is 0. The maximum atomic E-state index is 11.6. The molecular formula is C14H17NO6. The molecular weight excluding hydrogens is 278 g/mol. The summed E-state index contributed by atoms with van der Waals surface area (Å²) in [7, 11) is 2.34. The molecule has 1 aromatic rings. The van der Waals surface area contributed by atoms with Gasteiger partial charge in [0.1, 0.15) is 12.6 Å². The van der Waals surface area contributed by atoms with Crippen LogP contribution in [0, 0.1) is 0 Å². The van der Waals surface area contributed by atoms with Crippen LogP contribution in [0.25, 0.3) is 0 Å². The SMILES string of the molecule is COC(=O)C[C@H](NC(=O)OCc1ccccc1)C(=O)OC. The minimum absolute atomic E-state index is 0.0544. The molecule has 114 valence electrons. The number of nitrogens with one attached hydrogen (secondary N) is 1. The molecule has 7 heteroatoms. The average Bonchev–Trinajstić information content (AvgIpc) is 2.52. The normalized spacial score (nSPS) is 11.1. The third kappa shape index (κ3) is 5.94. The maximum absolute atomic E-state index is 11.6. The van der Waals surface area contributed by atoms with Gasteiger partial charge in [0.15, 0.2) is 0 Å². The largest absolute Gasteiger partial charge is 0.469 e. The molecule has 0 heterocycles. The number of amides is 1. The Labute approximate surface area is 122 Å². The lowest BCUT2D eigenvalue weighted by atomic mass is 10.2. The summed E-state index contributed by atoms with van der Waals surface area (Å²) in [5, 5.41) is 2.27. The zero-order valence-electron chi connectivity index (χ0n) is 11.8. The summed E-state index contributed by atoms with van der Waals surface area (Å²) in [6.45, 7) is 0.0544. The van der Waals surface area contributed by atoms with E-state index >= 15 is 0 Å². The molecule has 1 amide bonds. The van der Waals surface area contributed by atoms with Crippen LogP contribution in [0.15, 0.2) is 30.3 Å². The van der Waals surface area contributed by atoms with Gasteiger partial charge < -0.3 is 19.5 Å². The molecule has 1 atom stereocenters. The summed E-state index contributed by atoms with van der Waals surface area (Å²) in [5.74, 6) is -1.40. The number of rotatable bonds is 6. The van der Waals surface area contributed by atoms with Gasteiger partial charge in [0, 0.05) is 0 Å². The van der Waals surface area contributed by atoms with E-state index in [1.165, 1.54) is 7.11 Å². The Morgan fingerprint density at radius 2 is 1.76 bits per heavy atom. The van der Waals surface area contributed by atoms with E-state index in [4.69, 9.17) is 4.74 Å². The number of ether oxygens (including phenoxy) is 3. The molecule has 1 N–H and O–H groups in total. The number of alkyl carbamates (subject to hydrolysis) is 1. The zero-order chi connectivity index (χ0) is 15.7. The second-order valence-electron chi connectivity index (χ2n) is 4.06. The molecule has 21 heavy (non-hydrogen) atoms. The summed E-state index contributed by atoms with van der Waals surface area (Å²) < 4.78 is 13.9. The van der Waals surface area contributed by atoms with Gasteiger partial charge in [0.05, 0.1) is 20.6 Å². The van der Waals surface area contributed by atoms with Gasteiger partial charge in [-0.05, 0) is 5.56 Å². The standard InChI is InChI=1S/C14H17NO6/c1-19-12(16)8-11(13(17)20-2)15-14(18)21-9-10-6-4-3-5-7-10/h3-7,11H,8-9H2,1-2H3,(H,15,18)/t11-/m0/s1. The predicted octanol–water partition coefficient (Wildman–Crippen LogP) is 1.02. The Morgan fingerprint density at radius 3 is 2.33 bits per heavy atom. The first-order chi connectivity index (χ1) is 10.1. The van der Waals surface area contributed by atoms with Gasteiger partial charge >= 0.3 is 18.0 Å². The molecule has 7 nitrogen and oxygen atoms in total. The van der Waals surface area contributed by atoms with Crippen molar-refractivity contribution in [2.45, 2.75) is 19.1 Å². The average molecular weight is 295 g/mol. The second-order valence-corrected chi connectivity index (χ2v) is 4.06. The summed E-state index contributed by atoms with van der Waals surface area (Å²) in [6.07, 6.45) is -1.15. The number of methoxy groups -OCH3 is 2. The van der Waals surface area contributed by atoms with Crippen LogP contribution in [0.1, 0.15) is 12.0 Å². The minimum atomic E-state index is -1.15. The Morgan fingerprint density at radius 1 is 1.10 bits per heavy atom. The molecule has 0 aromatic heterocycles. The lowest BCUT2D eigenvalue weighted by Gasteiger charge is -2.15. The quantitative estimate of drug-likeness (QED) is 0.622. The summed E-state index contributed by atoms with van der Waals surface area (Å²) in [5.41, 5.74) is 0.801. The monoisotopic (exact) mass is 295 g/mol. The number of hydrogen-bond donors (Lipinski definition) is 1. The lowest BCUT2D eigenvalue weighted by Crippen LogP contribution is -2.43. The van der Waals surface area contributed by atoms with Crippen molar-refractivity contribution >= 4 is 18.0 Å². The van der Waals surface area contributed by atoms with E-state index in [0.717, 1.165) is 12.7 Å². The topological polar surface area (TPSA) is 90.9 Å². The molecule has 0 saturated carbocycles. The molecule has 1 rings (SSSR count). The fourth-order valence-electron chi connectivity index (χ4n) is 1.49. The molecule has 0 aliphatic carbocycles. The highest BCUT2D eigenvalue weighted by Crippen LogP contribution is 2.02. The third-order valence-electron chi connectivity index (χ3n) is 2.59. The van der Waals surface area contributed by atoms with E-state index in [2.05, 4.69) is 14.8 Å². The van der Waals surface area contributed by atoms with Crippen molar-refractivity contribution in [2.24, 2.45) is 0 Å². The van der Waals surface area contributed by atoms with Crippen LogP contribution in [0.3, 0.4) is 0 Å². The van der Waals surface area contributed by atoms with Gasteiger partial charge in [-0.15, -0.1) is 0 Å². The number of carbonyl (C=O) groups is 3. The smallest absolute Gasteiger partial charge is 0.408 e. The molecule has 0 fully saturated rings. The fourth-order valence-corrected chi connectivity index (χ4v) is 1.49. The number of carbonyl (C=O) groups excluding carboxylic acids is 3. The fraction of sp³-hybridized carbons (Fsp3) is 0.357. The maximum Gasteiger partial charge on any atom is 0.408 e. The van der Waals surface area contributed by atoms with Crippen LogP contribution in [0.5, 0.6) is 0 Å². The van der Waals surface area contributed by atoms with Crippen LogP contribution in [0.2, 0.25) is 0 Å². The van der Waals surface area contributed by atoms with Crippen molar-refractivity contribution < 1.29 is 28.6 Å². The van der Waals surface area contributed by atoms with Crippen LogP contribution in [-0.4, -0.2) is 38.3 Å². The van der Waals surface area contributed by atoms with E-state index in [0.29, 0.717) is 0 Å². The lowest BCUT2D eigenvalue weighted by molar-refractivity contribution is -0.149. The molecule has 0 aliphatic rings. The van der Waals surface area contributed by atoms with Gasteiger partial charge in [-0.1, -0.05) is 30.3 Å². The van der Waals surface area contributed by atoms with Crippen molar-refractivity contribution in [3.8, 4) is 0 Å².